The van der Waals surface area contributed by atoms with Gasteiger partial charge in [0.2, 0.25) is 11.8 Å². The number of carbonyl (C=O) groups is 2. The molecule has 0 aliphatic heterocycles. The Hall–Kier alpha value is -1.06. The number of nitrogens with one attached hydrogen (secondary N) is 1. The highest BCUT2D eigenvalue weighted by Crippen LogP contribution is 1.92. The number of primary amides is 1. The molecule has 4 nitrogen and oxygen atoms in total. The Morgan fingerprint density at radius 2 is 1.75 bits per heavy atom. The number of amides is 2. The van der Waals surface area contributed by atoms with Crippen molar-refractivity contribution in [2.75, 3.05) is 7.05 Å². The Morgan fingerprint density at radius 3 is 2.08 bits per heavy atom. The molecule has 0 saturated heterocycles. The van der Waals surface area contributed by atoms with Gasteiger partial charge in [-0.15, -0.1) is 0 Å². The molecule has 0 unspecified atom stereocenters. The Labute approximate surface area is 73.5 Å². The molecule has 0 aromatic rings. The fourth-order valence-electron chi connectivity index (χ4n) is 0.548. The quantitative estimate of drug-likeness (QED) is 0.648. The first kappa shape index (κ1) is 13.5. The van der Waals surface area contributed by atoms with Crippen molar-refractivity contribution in [2.24, 2.45) is 5.73 Å². The van der Waals surface area contributed by atoms with Gasteiger partial charge in [-0.25, -0.2) is 0 Å². The van der Waals surface area contributed by atoms with E-state index in [1.54, 1.807) is 7.05 Å². The van der Waals surface area contributed by atoms with Crippen LogP contribution < -0.4 is 11.1 Å². The van der Waals surface area contributed by atoms with Crippen molar-refractivity contribution in [1.29, 1.82) is 0 Å². The van der Waals surface area contributed by atoms with Crippen molar-refractivity contribution in [3.63, 3.8) is 0 Å². The largest absolute Gasteiger partial charge is 0.370 e. The summed E-state index contributed by atoms with van der Waals surface area (Å²) in [6.07, 6.45) is 1.20. The van der Waals surface area contributed by atoms with Crippen LogP contribution in [0.1, 0.15) is 33.1 Å². The van der Waals surface area contributed by atoms with E-state index in [0.29, 0.717) is 12.8 Å². The van der Waals surface area contributed by atoms with Gasteiger partial charge in [0.25, 0.3) is 0 Å². The summed E-state index contributed by atoms with van der Waals surface area (Å²) in [7, 11) is 1.56. The van der Waals surface area contributed by atoms with Gasteiger partial charge in [0.15, 0.2) is 0 Å². The Morgan fingerprint density at radius 1 is 1.25 bits per heavy atom. The van der Waals surface area contributed by atoms with Crippen molar-refractivity contribution in [1.82, 2.24) is 5.32 Å². The fourth-order valence-corrected chi connectivity index (χ4v) is 0.548. The van der Waals surface area contributed by atoms with E-state index in [2.05, 4.69) is 5.32 Å². The van der Waals surface area contributed by atoms with Crippen LogP contribution in [0.4, 0.5) is 0 Å². The molecule has 0 radical (unpaired) electrons. The normalized spacial score (nSPS) is 7.92. The predicted octanol–water partition coefficient (Wildman–Crippen LogP) is 0.414. The van der Waals surface area contributed by atoms with Crippen molar-refractivity contribution < 1.29 is 9.59 Å². The number of rotatable bonds is 4. The molecule has 2 amide bonds. The molecule has 0 aliphatic carbocycles. The van der Waals surface area contributed by atoms with Crippen LogP contribution in [0.2, 0.25) is 0 Å². The molecule has 72 valence electrons. The van der Waals surface area contributed by atoms with Gasteiger partial charge in [-0.3, -0.25) is 9.59 Å². The maximum absolute atomic E-state index is 10.5. The summed E-state index contributed by atoms with van der Waals surface area (Å²) < 4.78 is 0. The van der Waals surface area contributed by atoms with Gasteiger partial charge in [0, 0.05) is 19.9 Å². The average molecular weight is 174 g/mol. The van der Waals surface area contributed by atoms with E-state index in [-0.39, 0.29) is 18.2 Å². The van der Waals surface area contributed by atoms with E-state index in [4.69, 9.17) is 5.73 Å². The summed E-state index contributed by atoms with van der Waals surface area (Å²) in [5, 5.41) is 2.45. The Balaban J connectivity index is 0. The van der Waals surface area contributed by atoms with Crippen molar-refractivity contribution in [3.8, 4) is 0 Å². The van der Waals surface area contributed by atoms with Crippen LogP contribution in [0.3, 0.4) is 0 Å². The maximum Gasteiger partial charge on any atom is 0.219 e. The molecule has 0 bridgehead atoms. The van der Waals surface area contributed by atoms with Crippen LogP contribution in [0.5, 0.6) is 0 Å². The third kappa shape index (κ3) is 11.7. The number of carbonyl (C=O) groups excluding carboxylic acids is 2. The number of hydrogen-bond donors (Lipinski definition) is 2. The molecule has 3 N–H and O–H groups in total. The maximum atomic E-state index is 10.5. The first-order valence-corrected chi connectivity index (χ1v) is 4.15. The molecule has 0 fully saturated rings. The van der Waals surface area contributed by atoms with E-state index in [1.165, 1.54) is 0 Å². The van der Waals surface area contributed by atoms with Crippen LogP contribution in [0, 0.1) is 0 Å². The fraction of sp³-hybridized carbons (Fsp3) is 0.750. The zero-order chi connectivity index (χ0) is 9.98. The molecule has 0 spiro atoms. The zero-order valence-electron chi connectivity index (χ0n) is 8.02. The highest BCUT2D eigenvalue weighted by Gasteiger charge is 1.98. The lowest BCUT2D eigenvalue weighted by Crippen LogP contribution is -2.18. The second kappa shape index (κ2) is 9.94. The lowest BCUT2D eigenvalue weighted by molar-refractivity contribution is -0.121. The summed E-state index contributed by atoms with van der Waals surface area (Å²) in [6.45, 7) is 4.00. The molecular formula is C8H18N2O2. The Kier molecular flexibility index (Phi) is 11.2. The van der Waals surface area contributed by atoms with E-state index in [9.17, 15) is 9.59 Å². The minimum atomic E-state index is -0.357. The monoisotopic (exact) mass is 174 g/mol. The van der Waals surface area contributed by atoms with Crippen LogP contribution in [0.15, 0.2) is 0 Å². The number of hydrogen-bond acceptors (Lipinski definition) is 2. The third-order valence-electron chi connectivity index (χ3n) is 1.11. The van der Waals surface area contributed by atoms with Gasteiger partial charge in [-0.2, -0.15) is 0 Å². The highest BCUT2D eigenvalue weighted by molar-refractivity contribution is 5.77. The topological polar surface area (TPSA) is 72.2 Å². The van der Waals surface area contributed by atoms with Gasteiger partial charge < -0.3 is 11.1 Å². The second-order valence-electron chi connectivity index (χ2n) is 1.99. The SMILES string of the molecule is CC.CNC(=O)CCCC(N)=O. The summed E-state index contributed by atoms with van der Waals surface area (Å²) in [5.41, 5.74) is 4.85. The standard InChI is InChI=1S/C6H12N2O2.C2H6/c1-8-6(10)4-2-3-5(7)9;1-2/h2-4H2,1H3,(H2,7,9)(H,8,10);1-2H3. The van der Waals surface area contributed by atoms with Crippen LogP contribution in [-0.4, -0.2) is 18.9 Å². The van der Waals surface area contributed by atoms with Crippen molar-refractivity contribution in [3.05, 3.63) is 0 Å². The molecule has 0 rings (SSSR count). The smallest absolute Gasteiger partial charge is 0.219 e. The minimum absolute atomic E-state index is 0.0544. The van der Waals surface area contributed by atoms with Crippen LogP contribution >= 0.6 is 0 Å². The van der Waals surface area contributed by atoms with E-state index in [0.717, 1.165) is 0 Å². The molecular weight excluding hydrogens is 156 g/mol. The number of nitrogens with two attached hydrogens (primary N) is 1. The van der Waals surface area contributed by atoms with E-state index in [1.807, 2.05) is 13.8 Å². The first-order chi connectivity index (χ1) is 5.66. The molecule has 0 aromatic heterocycles. The highest BCUT2D eigenvalue weighted by atomic mass is 16.2. The van der Waals surface area contributed by atoms with Crippen LogP contribution in [0.25, 0.3) is 0 Å². The predicted molar refractivity (Wildman–Crippen MR) is 48.5 cm³/mol. The van der Waals surface area contributed by atoms with Gasteiger partial charge in [-0.1, -0.05) is 13.8 Å². The van der Waals surface area contributed by atoms with E-state index >= 15 is 0 Å². The lowest BCUT2D eigenvalue weighted by atomic mass is 10.2. The summed E-state index contributed by atoms with van der Waals surface area (Å²) in [5.74, 6) is -0.412. The molecule has 0 atom stereocenters. The van der Waals surface area contributed by atoms with Crippen LogP contribution in [-0.2, 0) is 9.59 Å². The molecule has 0 heterocycles. The molecule has 0 aromatic carbocycles. The van der Waals surface area contributed by atoms with Crippen molar-refractivity contribution >= 4 is 11.8 Å². The first-order valence-electron chi connectivity index (χ1n) is 4.15. The summed E-state index contributed by atoms with van der Waals surface area (Å²) in [4.78, 5) is 20.7. The van der Waals surface area contributed by atoms with Crippen molar-refractivity contribution in [2.45, 2.75) is 33.1 Å². The summed E-state index contributed by atoms with van der Waals surface area (Å²) >= 11 is 0. The minimum Gasteiger partial charge on any atom is -0.370 e. The zero-order valence-corrected chi connectivity index (χ0v) is 8.02. The third-order valence-corrected chi connectivity index (χ3v) is 1.11. The van der Waals surface area contributed by atoms with Gasteiger partial charge in [0.1, 0.15) is 0 Å². The Bertz CT molecular complexity index is 135. The van der Waals surface area contributed by atoms with E-state index < -0.39 is 0 Å². The molecule has 12 heavy (non-hydrogen) atoms. The summed E-state index contributed by atoms with van der Waals surface area (Å²) in [6, 6.07) is 0. The second-order valence-corrected chi connectivity index (χ2v) is 1.99. The average Bonchev–Trinajstić information content (AvgIpc) is 2.07. The lowest BCUT2D eigenvalue weighted by Gasteiger charge is -1.95. The van der Waals surface area contributed by atoms with Gasteiger partial charge >= 0.3 is 0 Å². The molecule has 0 aliphatic rings. The molecule has 0 saturated carbocycles. The van der Waals surface area contributed by atoms with Gasteiger partial charge in [0.05, 0.1) is 0 Å². The molecule has 4 heteroatoms. The van der Waals surface area contributed by atoms with Gasteiger partial charge in [-0.05, 0) is 6.42 Å².